The highest BCUT2D eigenvalue weighted by molar-refractivity contribution is 7.89. The van der Waals surface area contributed by atoms with Crippen molar-refractivity contribution in [2.24, 2.45) is 0 Å². The van der Waals surface area contributed by atoms with Crippen LogP contribution in [0.4, 0.5) is 5.69 Å². The fourth-order valence-electron chi connectivity index (χ4n) is 2.80. The second kappa shape index (κ2) is 10.2. The summed E-state index contributed by atoms with van der Waals surface area (Å²) in [6.07, 6.45) is 0. The zero-order valence-corrected chi connectivity index (χ0v) is 18.3. The quantitative estimate of drug-likeness (QED) is 0.609. The van der Waals surface area contributed by atoms with Crippen molar-refractivity contribution in [1.29, 1.82) is 0 Å². The van der Waals surface area contributed by atoms with Gasteiger partial charge in [0.15, 0.2) is 6.61 Å². The van der Waals surface area contributed by atoms with E-state index in [9.17, 15) is 18.0 Å². The Labute approximate surface area is 176 Å². The van der Waals surface area contributed by atoms with E-state index in [-0.39, 0.29) is 10.5 Å². The van der Waals surface area contributed by atoms with Gasteiger partial charge < -0.3 is 14.8 Å². The summed E-state index contributed by atoms with van der Waals surface area (Å²) in [5, 5.41) is 2.64. The van der Waals surface area contributed by atoms with Gasteiger partial charge in [0.1, 0.15) is 5.75 Å². The van der Waals surface area contributed by atoms with Crippen LogP contribution in [-0.2, 0) is 19.6 Å². The van der Waals surface area contributed by atoms with Crippen molar-refractivity contribution in [2.45, 2.75) is 25.7 Å². The normalized spacial score (nSPS) is 11.2. The maximum absolute atomic E-state index is 12.5. The zero-order valence-electron chi connectivity index (χ0n) is 17.5. The average molecular weight is 435 g/mol. The molecule has 0 heterocycles. The summed E-state index contributed by atoms with van der Waals surface area (Å²) in [4.78, 5) is 24.4. The van der Waals surface area contributed by atoms with Gasteiger partial charge in [0, 0.05) is 13.1 Å². The monoisotopic (exact) mass is 434 g/mol. The molecule has 2 rings (SSSR count). The predicted octanol–water partition coefficient (Wildman–Crippen LogP) is 2.83. The maximum Gasteiger partial charge on any atom is 0.338 e. The summed E-state index contributed by atoms with van der Waals surface area (Å²) in [5.74, 6) is -0.758. The number of carbonyl (C=O) groups excluding carboxylic acids is 2. The maximum atomic E-state index is 12.5. The number of nitrogens with one attached hydrogen (secondary N) is 1. The number of nitrogens with zero attached hydrogens (tertiary/aromatic N) is 1. The number of aryl methyl sites for hydroxylation is 1. The van der Waals surface area contributed by atoms with Crippen LogP contribution in [0.3, 0.4) is 0 Å². The second-order valence-corrected chi connectivity index (χ2v) is 8.38. The van der Waals surface area contributed by atoms with Gasteiger partial charge in [-0.1, -0.05) is 19.9 Å². The van der Waals surface area contributed by atoms with Crippen LogP contribution in [-0.4, -0.2) is 51.4 Å². The molecule has 0 radical (unpaired) electrons. The van der Waals surface area contributed by atoms with Gasteiger partial charge in [-0.15, -0.1) is 0 Å². The molecular formula is C21H26N2O6S. The molecule has 2 aromatic rings. The topological polar surface area (TPSA) is 102 Å². The van der Waals surface area contributed by atoms with Gasteiger partial charge in [0.2, 0.25) is 10.0 Å². The highest BCUT2D eigenvalue weighted by Gasteiger charge is 2.22. The number of sulfonamides is 1. The van der Waals surface area contributed by atoms with E-state index < -0.39 is 28.5 Å². The first-order valence-electron chi connectivity index (χ1n) is 9.44. The Morgan fingerprint density at radius 1 is 1.03 bits per heavy atom. The third-order valence-electron chi connectivity index (χ3n) is 4.40. The second-order valence-electron chi connectivity index (χ2n) is 6.44. The minimum absolute atomic E-state index is 0.0898. The third-order valence-corrected chi connectivity index (χ3v) is 6.46. The number of hydrogen-bond donors (Lipinski definition) is 1. The molecule has 1 amide bonds. The van der Waals surface area contributed by atoms with Crippen molar-refractivity contribution in [3.8, 4) is 5.75 Å². The van der Waals surface area contributed by atoms with Crippen LogP contribution in [0.1, 0.15) is 29.8 Å². The van der Waals surface area contributed by atoms with Gasteiger partial charge in [0.25, 0.3) is 5.91 Å². The lowest BCUT2D eigenvalue weighted by atomic mass is 10.2. The molecule has 2 aromatic carbocycles. The Bertz CT molecular complexity index is 999. The number of methoxy groups -OCH3 is 1. The van der Waals surface area contributed by atoms with E-state index in [0.29, 0.717) is 24.5 Å². The zero-order chi connectivity index (χ0) is 22.3. The molecule has 0 unspecified atom stereocenters. The lowest BCUT2D eigenvalue weighted by Gasteiger charge is -2.18. The first-order valence-corrected chi connectivity index (χ1v) is 10.9. The summed E-state index contributed by atoms with van der Waals surface area (Å²) >= 11 is 0. The number of benzene rings is 2. The van der Waals surface area contributed by atoms with Gasteiger partial charge in [-0.05, 0) is 48.9 Å². The Balaban J connectivity index is 2.00. The largest absolute Gasteiger partial charge is 0.495 e. The summed E-state index contributed by atoms with van der Waals surface area (Å²) in [6, 6.07) is 10.7. The molecule has 9 heteroatoms. The van der Waals surface area contributed by atoms with Crippen LogP contribution >= 0.6 is 0 Å². The number of amides is 1. The fourth-order valence-corrected chi connectivity index (χ4v) is 4.25. The molecule has 30 heavy (non-hydrogen) atoms. The number of hydrogen-bond acceptors (Lipinski definition) is 6. The molecule has 0 spiro atoms. The highest BCUT2D eigenvalue weighted by atomic mass is 32.2. The minimum atomic E-state index is -3.61. The van der Waals surface area contributed by atoms with Crippen LogP contribution in [0.5, 0.6) is 5.75 Å². The van der Waals surface area contributed by atoms with E-state index in [1.807, 2.05) is 13.0 Å². The molecule has 0 saturated carbocycles. The molecule has 0 atom stereocenters. The van der Waals surface area contributed by atoms with Gasteiger partial charge in [-0.2, -0.15) is 4.31 Å². The Morgan fingerprint density at radius 3 is 2.23 bits per heavy atom. The number of esters is 1. The van der Waals surface area contributed by atoms with Gasteiger partial charge in [-0.3, -0.25) is 4.79 Å². The summed E-state index contributed by atoms with van der Waals surface area (Å²) in [7, 11) is -2.12. The van der Waals surface area contributed by atoms with Gasteiger partial charge in [-0.25, -0.2) is 13.2 Å². The van der Waals surface area contributed by atoms with Crippen molar-refractivity contribution in [3.05, 3.63) is 53.6 Å². The minimum Gasteiger partial charge on any atom is -0.495 e. The molecule has 0 bridgehead atoms. The van der Waals surface area contributed by atoms with Crippen LogP contribution in [0.25, 0.3) is 0 Å². The van der Waals surface area contributed by atoms with Crippen molar-refractivity contribution in [3.63, 3.8) is 0 Å². The van der Waals surface area contributed by atoms with Gasteiger partial charge in [0.05, 0.1) is 23.3 Å². The van der Waals surface area contributed by atoms with Crippen molar-refractivity contribution in [2.75, 3.05) is 32.1 Å². The Hall–Kier alpha value is -2.91. The van der Waals surface area contributed by atoms with Crippen LogP contribution in [0.2, 0.25) is 0 Å². The molecule has 1 N–H and O–H groups in total. The molecule has 0 aliphatic carbocycles. The van der Waals surface area contributed by atoms with E-state index in [4.69, 9.17) is 9.47 Å². The standard InChI is InChI=1S/C21H26N2O6S/c1-5-23(6-2)30(26,27)17-10-8-16(9-11-17)21(25)29-14-20(24)22-18-13-15(3)7-12-19(18)28-4/h7-13H,5-6,14H2,1-4H3,(H,22,24). The Morgan fingerprint density at radius 2 is 1.67 bits per heavy atom. The predicted molar refractivity (Wildman–Crippen MR) is 113 cm³/mol. The fraction of sp³-hybridized carbons (Fsp3) is 0.333. The van der Waals surface area contributed by atoms with Crippen LogP contribution in [0, 0.1) is 6.92 Å². The average Bonchev–Trinajstić information content (AvgIpc) is 2.73. The van der Waals surface area contributed by atoms with E-state index >= 15 is 0 Å². The third kappa shape index (κ3) is 5.58. The smallest absolute Gasteiger partial charge is 0.338 e. The Kier molecular flexibility index (Phi) is 7.96. The molecule has 0 aliphatic heterocycles. The molecule has 0 aliphatic rings. The molecule has 162 valence electrons. The number of rotatable bonds is 9. The SMILES string of the molecule is CCN(CC)S(=O)(=O)c1ccc(C(=O)OCC(=O)Nc2cc(C)ccc2OC)cc1. The molecular weight excluding hydrogens is 408 g/mol. The van der Waals surface area contributed by atoms with E-state index in [1.165, 1.54) is 35.7 Å². The van der Waals surface area contributed by atoms with E-state index in [1.54, 1.807) is 26.0 Å². The highest BCUT2D eigenvalue weighted by Crippen LogP contribution is 2.25. The van der Waals surface area contributed by atoms with Gasteiger partial charge >= 0.3 is 5.97 Å². The molecule has 8 nitrogen and oxygen atoms in total. The first-order chi connectivity index (χ1) is 14.2. The first kappa shape index (κ1) is 23.4. The van der Waals surface area contributed by atoms with Crippen molar-refractivity contribution in [1.82, 2.24) is 4.31 Å². The van der Waals surface area contributed by atoms with Crippen molar-refractivity contribution >= 4 is 27.6 Å². The number of carbonyl (C=O) groups is 2. The molecule has 0 fully saturated rings. The van der Waals surface area contributed by atoms with E-state index in [0.717, 1.165) is 5.56 Å². The molecule has 0 saturated heterocycles. The van der Waals surface area contributed by atoms with Crippen LogP contribution in [0.15, 0.2) is 47.4 Å². The molecule has 0 aromatic heterocycles. The lowest BCUT2D eigenvalue weighted by Crippen LogP contribution is -2.30. The summed E-state index contributed by atoms with van der Waals surface area (Å²) in [6.45, 7) is 5.59. The summed E-state index contributed by atoms with van der Waals surface area (Å²) in [5.41, 5.74) is 1.56. The number of ether oxygens (including phenoxy) is 2. The summed E-state index contributed by atoms with van der Waals surface area (Å²) < 4.78 is 36.5. The van der Waals surface area contributed by atoms with Crippen LogP contribution < -0.4 is 10.1 Å². The number of anilines is 1. The van der Waals surface area contributed by atoms with Crippen molar-refractivity contribution < 1.29 is 27.5 Å². The lowest BCUT2D eigenvalue weighted by molar-refractivity contribution is -0.119. The van der Waals surface area contributed by atoms with E-state index in [2.05, 4.69) is 5.32 Å².